The summed E-state index contributed by atoms with van der Waals surface area (Å²) in [5.74, 6) is 2.08. The van der Waals surface area contributed by atoms with Gasteiger partial charge in [-0.1, -0.05) is 13.3 Å². The lowest BCUT2D eigenvalue weighted by Crippen LogP contribution is -2.56. The van der Waals surface area contributed by atoms with Crippen LogP contribution in [0.15, 0.2) is 18.2 Å². The average molecular weight is 531 g/mol. The molecule has 5 heterocycles. The molecule has 4 bridgehead atoms. The summed E-state index contributed by atoms with van der Waals surface area (Å²) in [5.41, 5.74) is 3.11. The van der Waals surface area contributed by atoms with E-state index < -0.39 is 7.75 Å². The molecular formula is C27H39N4O5P. The first kappa shape index (κ1) is 25.4. The lowest BCUT2D eigenvalue weighted by molar-refractivity contribution is -0.0138. The topological polar surface area (TPSA) is 76.5 Å². The zero-order valence-electron chi connectivity index (χ0n) is 22.4. The van der Waals surface area contributed by atoms with Gasteiger partial charge in [-0.15, -0.1) is 0 Å². The highest BCUT2D eigenvalue weighted by molar-refractivity contribution is 7.52. The predicted molar refractivity (Wildman–Crippen MR) is 142 cm³/mol. The van der Waals surface area contributed by atoms with Gasteiger partial charge in [0.2, 0.25) is 0 Å². The van der Waals surface area contributed by atoms with Crippen LogP contribution in [0.5, 0.6) is 5.75 Å². The maximum atomic E-state index is 14.0. The number of fused-ring (bicyclic) bond motifs is 4. The van der Waals surface area contributed by atoms with Crippen LogP contribution in [0.25, 0.3) is 10.9 Å². The van der Waals surface area contributed by atoms with Crippen molar-refractivity contribution in [2.45, 2.75) is 44.6 Å². The molecule has 2 aromatic rings. The number of piperazine rings is 1. The molecule has 1 unspecified atom stereocenters. The minimum Gasteiger partial charge on any atom is -0.410 e. The number of amides is 1. The molecule has 4 aliphatic heterocycles. The van der Waals surface area contributed by atoms with E-state index in [4.69, 9.17) is 13.8 Å². The lowest BCUT2D eigenvalue weighted by Gasteiger charge is -2.53. The highest BCUT2D eigenvalue weighted by Gasteiger charge is 2.50. The molecule has 5 atom stereocenters. The van der Waals surface area contributed by atoms with Crippen LogP contribution in [0.1, 0.15) is 43.4 Å². The predicted octanol–water partition coefficient (Wildman–Crippen LogP) is 4.40. The Hall–Kier alpha value is -1.90. The second-order valence-corrected chi connectivity index (χ2v) is 13.3. The molecule has 4 fully saturated rings. The van der Waals surface area contributed by atoms with Gasteiger partial charge < -0.3 is 14.5 Å². The van der Waals surface area contributed by atoms with Crippen molar-refractivity contribution in [3.05, 3.63) is 29.5 Å². The van der Waals surface area contributed by atoms with Crippen LogP contribution in [-0.2, 0) is 20.0 Å². The maximum Gasteiger partial charge on any atom is 0.439 e. The number of likely N-dealkylation sites (N-methyl/N-ethyl adjacent to an activating group) is 1. The summed E-state index contributed by atoms with van der Waals surface area (Å²) in [5, 5.41) is 0.977. The fourth-order valence-electron chi connectivity index (χ4n) is 7.52. The smallest absolute Gasteiger partial charge is 0.410 e. The minimum absolute atomic E-state index is 0.275. The largest absolute Gasteiger partial charge is 0.439 e. The third-order valence-corrected chi connectivity index (χ3v) is 11.1. The number of rotatable bonds is 5. The number of benzene rings is 1. The number of carbonyl (C=O) groups excluding carboxylic acids is 1. The van der Waals surface area contributed by atoms with Gasteiger partial charge in [-0.3, -0.25) is 18.3 Å². The van der Waals surface area contributed by atoms with E-state index in [-0.39, 0.29) is 12.0 Å². The molecule has 5 aliphatic rings. The second-order valence-electron chi connectivity index (χ2n) is 11.2. The quantitative estimate of drug-likeness (QED) is 0.531. The molecule has 1 aromatic carbocycles. The number of hydrogen-bond donors (Lipinski definition) is 0. The van der Waals surface area contributed by atoms with E-state index in [0.717, 1.165) is 62.0 Å². The zero-order chi connectivity index (χ0) is 25.9. The standard InChI is InChI=1S/C27H39N4O5P/c1-5-19-14-18-15-23-25(19)30(17-18)9-8-21-22-16-20(36-27(32)29-12-10-28(2)11-13-29)6-7-24(22)31(26(21)23)37(33,34-3)35-4/h6-7,16,18-19,23,25H,5,8-15,17H2,1-4H3/t18-,19+,23-,25+/m1/s1. The Morgan fingerprint density at radius 2 is 1.84 bits per heavy atom. The Labute approximate surface area is 219 Å². The maximum absolute atomic E-state index is 14.0. The number of aromatic nitrogens is 1. The van der Waals surface area contributed by atoms with Gasteiger partial charge in [0.05, 0.1) is 5.52 Å². The van der Waals surface area contributed by atoms with E-state index in [9.17, 15) is 9.36 Å². The van der Waals surface area contributed by atoms with Crippen molar-refractivity contribution in [1.82, 2.24) is 19.0 Å². The van der Waals surface area contributed by atoms with Crippen molar-refractivity contribution in [3.63, 3.8) is 0 Å². The molecule has 10 heteroatoms. The zero-order valence-corrected chi connectivity index (χ0v) is 23.3. The van der Waals surface area contributed by atoms with Crippen LogP contribution in [0.3, 0.4) is 0 Å². The summed E-state index contributed by atoms with van der Waals surface area (Å²) >= 11 is 0. The molecule has 0 radical (unpaired) electrons. The van der Waals surface area contributed by atoms with Crippen molar-refractivity contribution in [3.8, 4) is 5.75 Å². The molecule has 202 valence electrons. The van der Waals surface area contributed by atoms with Crippen molar-refractivity contribution in [1.29, 1.82) is 0 Å². The second kappa shape index (κ2) is 9.69. The molecule has 9 nitrogen and oxygen atoms in total. The van der Waals surface area contributed by atoms with Crippen LogP contribution in [0.2, 0.25) is 0 Å². The van der Waals surface area contributed by atoms with Crippen LogP contribution >= 0.6 is 7.75 Å². The number of ether oxygens (including phenoxy) is 1. The monoisotopic (exact) mass is 530 g/mol. The molecule has 1 aromatic heterocycles. The molecule has 7 rings (SSSR count). The first-order valence-electron chi connectivity index (χ1n) is 13.7. The first-order valence-corrected chi connectivity index (χ1v) is 15.1. The van der Waals surface area contributed by atoms with Crippen molar-refractivity contribution in [2.75, 3.05) is 60.5 Å². The van der Waals surface area contributed by atoms with E-state index >= 15 is 0 Å². The van der Waals surface area contributed by atoms with Gasteiger partial charge in [-0.05, 0) is 61.9 Å². The van der Waals surface area contributed by atoms with Crippen molar-refractivity contribution in [2.24, 2.45) is 11.8 Å². The number of nitrogens with zero attached hydrogens (tertiary/aromatic N) is 4. The van der Waals surface area contributed by atoms with E-state index in [2.05, 4.69) is 23.8 Å². The molecule has 0 N–H and O–H groups in total. The van der Waals surface area contributed by atoms with Gasteiger partial charge in [0.1, 0.15) is 5.75 Å². The van der Waals surface area contributed by atoms with E-state index in [0.29, 0.717) is 36.7 Å². The Balaban J connectivity index is 1.44. The molecule has 1 aliphatic carbocycles. The summed E-state index contributed by atoms with van der Waals surface area (Å²) in [6.07, 6.45) is 4.07. The van der Waals surface area contributed by atoms with Crippen LogP contribution in [0.4, 0.5) is 4.79 Å². The Morgan fingerprint density at radius 1 is 1.08 bits per heavy atom. The van der Waals surface area contributed by atoms with Crippen molar-refractivity contribution < 1.29 is 23.1 Å². The lowest BCUT2D eigenvalue weighted by atomic mass is 9.65. The molecule has 1 amide bonds. The average Bonchev–Trinajstić information content (AvgIpc) is 3.19. The van der Waals surface area contributed by atoms with E-state index in [1.165, 1.54) is 26.2 Å². The highest BCUT2D eigenvalue weighted by atomic mass is 31.2. The Morgan fingerprint density at radius 3 is 2.54 bits per heavy atom. The third-order valence-electron chi connectivity index (χ3n) is 9.29. The third kappa shape index (κ3) is 4.14. The van der Waals surface area contributed by atoms with Crippen LogP contribution in [0, 0.1) is 11.8 Å². The number of carbonyl (C=O) groups is 1. The van der Waals surface area contributed by atoms with Gasteiger partial charge in [0.15, 0.2) is 0 Å². The fraction of sp³-hybridized carbons (Fsp3) is 0.667. The Bertz CT molecular complexity index is 1230. The van der Waals surface area contributed by atoms with Gasteiger partial charge in [0, 0.05) is 76.5 Å². The Kier molecular flexibility index (Phi) is 6.65. The number of piperidine rings is 2. The van der Waals surface area contributed by atoms with Gasteiger partial charge in [-0.25, -0.2) is 9.36 Å². The fourth-order valence-corrected chi connectivity index (χ4v) is 8.97. The summed E-state index contributed by atoms with van der Waals surface area (Å²) < 4.78 is 32.9. The molecule has 37 heavy (non-hydrogen) atoms. The van der Waals surface area contributed by atoms with Crippen LogP contribution in [-0.4, -0.2) is 91.7 Å². The van der Waals surface area contributed by atoms with Gasteiger partial charge >= 0.3 is 13.8 Å². The van der Waals surface area contributed by atoms with E-state index in [1.54, 1.807) is 11.0 Å². The molecule has 1 saturated carbocycles. The van der Waals surface area contributed by atoms with Gasteiger partial charge in [0.25, 0.3) is 0 Å². The van der Waals surface area contributed by atoms with Gasteiger partial charge in [-0.2, -0.15) is 0 Å². The molecular weight excluding hydrogens is 491 g/mol. The van der Waals surface area contributed by atoms with E-state index in [1.807, 2.05) is 16.5 Å². The van der Waals surface area contributed by atoms with Crippen molar-refractivity contribution >= 4 is 24.7 Å². The SMILES string of the molecule is CC[C@H]1C[C@@H]2C[C@H]3c4c(c5cc(OC(=O)N6CCN(C)CC6)ccc5n4P(=O)(OC)OC)CCN(C2)[C@@H]13. The highest BCUT2D eigenvalue weighted by Crippen LogP contribution is 2.58. The number of hydrogen-bond acceptors (Lipinski definition) is 7. The molecule has 0 spiro atoms. The normalized spacial score (nSPS) is 29.8. The minimum atomic E-state index is -3.60. The summed E-state index contributed by atoms with van der Waals surface area (Å²) in [7, 11) is 1.38. The molecule has 3 saturated heterocycles. The first-order chi connectivity index (χ1) is 17.9. The van der Waals surface area contributed by atoms with Crippen LogP contribution < -0.4 is 4.74 Å². The summed E-state index contributed by atoms with van der Waals surface area (Å²) in [6, 6.07) is 6.11. The summed E-state index contributed by atoms with van der Waals surface area (Å²) in [4.78, 5) is 19.6. The summed E-state index contributed by atoms with van der Waals surface area (Å²) in [6.45, 7) is 7.43.